The molecule has 0 aromatic heterocycles. The van der Waals surface area contributed by atoms with Gasteiger partial charge in [-0.3, -0.25) is 4.79 Å². The van der Waals surface area contributed by atoms with E-state index in [9.17, 15) is 23.1 Å². The summed E-state index contributed by atoms with van der Waals surface area (Å²) in [6.07, 6.45) is -4.69. The highest BCUT2D eigenvalue weighted by Crippen LogP contribution is 2.40. The van der Waals surface area contributed by atoms with Crippen LogP contribution in [0.25, 0.3) is 0 Å². The maximum Gasteiger partial charge on any atom is 0.430 e. The van der Waals surface area contributed by atoms with Gasteiger partial charge in [0.05, 0.1) is 7.11 Å². The van der Waals surface area contributed by atoms with Gasteiger partial charge in [0.15, 0.2) is 0 Å². The molecule has 0 aliphatic rings. The Morgan fingerprint density at radius 3 is 2.55 bits per heavy atom. The van der Waals surface area contributed by atoms with Gasteiger partial charge in [0.2, 0.25) is 0 Å². The summed E-state index contributed by atoms with van der Waals surface area (Å²) >= 11 is 0. The Bertz CT molecular complexity index is 476. The summed E-state index contributed by atoms with van der Waals surface area (Å²) < 4.78 is 44.3. The van der Waals surface area contributed by atoms with Gasteiger partial charge in [-0.1, -0.05) is 19.1 Å². The van der Waals surface area contributed by atoms with Crippen LogP contribution in [0.3, 0.4) is 0 Å². The highest BCUT2D eigenvalue weighted by atomic mass is 19.4. The quantitative estimate of drug-likeness (QED) is 0.872. The van der Waals surface area contributed by atoms with Crippen LogP contribution in [0.15, 0.2) is 24.3 Å². The Hall–Kier alpha value is -1.76. The summed E-state index contributed by atoms with van der Waals surface area (Å²) in [5.74, 6) is -1.38. The number of aliphatic hydroxyl groups is 1. The van der Waals surface area contributed by atoms with Gasteiger partial charge < -0.3 is 15.2 Å². The minimum atomic E-state index is -5.14. The number of nitrogens with one attached hydrogen (secondary N) is 1. The molecule has 112 valence electrons. The first kappa shape index (κ1) is 16.3. The summed E-state index contributed by atoms with van der Waals surface area (Å²) in [6.45, 7) is 1.74. The third-order valence-corrected chi connectivity index (χ3v) is 2.76. The van der Waals surface area contributed by atoms with Crippen LogP contribution in [0.5, 0.6) is 5.75 Å². The van der Waals surface area contributed by atoms with Crippen LogP contribution in [-0.4, -0.2) is 30.8 Å². The maximum absolute atomic E-state index is 13.2. The van der Waals surface area contributed by atoms with Gasteiger partial charge in [-0.2, -0.15) is 13.2 Å². The molecule has 1 rings (SSSR count). The van der Waals surface area contributed by atoms with Crippen molar-refractivity contribution in [2.24, 2.45) is 0 Å². The summed E-state index contributed by atoms with van der Waals surface area (Å²) in [4.78, 5) is 11.7. The van der Waals surface area contributed by atoms with Crippen LogP contribution in [0, 0.1) is 0 Å². The lowest BCUT2D eigenvalue weighted by molar-refractivity contribution is -0.257. The molecule has 1 aromatic carbocycles. The van der Waals surface area contributed by atoms with Crippen molar-refractivity contribution in [1.29, 1.82) is 0 Å². The molecule has 20 heavy (non-hydrogen) atoms. The van der Waals surface area contributed by atoms with Crippen LogP contribution in [0.4, 0.5) is 13.2 Å². The second-order valence-corrected chi connectivity index (χ2v) is 4.20. The SMILES string of the molecule is CCCNC(=O)C(O)(c1cccc(OC)c1)C(F)(F)F. The molecule has 1 atom stereocenters. The van der Waals surface area contributed by atoms with Gasteiger partial charge in [-0.05, 0) is 18.6 Å². The Morgan fingerprint density at radius 2 is 2.05 bits per heavy atom. The fraction of sp³-hybridized carbons (Fsp3) is 0.462. The molecule has 0 fully saturated rings. The molecule has 0 radical (unpaired) electrons. The molecular weight excluding hydrogens is 275 g/mol. The molecule has 0 saturated carbocycles. The van der Waals surface area contributed by atoms with E-state index in [1.807, 2.05) is 0 Å². The van der Waals surface area contributed by atoms with Crippen molar-refractivity contribution in [3.63, 3.8) is 0 Å². The number of benzene rings is 1. The summed E-state index contributed by atoms with van der Waals surface area (Å²) in [7, 11) is 1.28. The van der Waals surface area contributed by atoms with E-state index in [1.54, 1.807) is 6.92 Å². The lowest BCUT2D eigenvalue weighted by atomic mass is 9.91. The highest BCUT2D eigenvalue weighted by molar-refractivity contribution is 5.87. The monoisotopic (exact) mass is 291 g/mol. The number of rotatable bonds is 5. The maximum atomic E-state index is 13.2. The van der Waals surface area contributed by atoms with E-state index in [0.717, 1.165) is 12.1 Å². The Kier molecular flexibility index (Phi) is 4.99. The number of hydrogen-bond donors (Lipinski definition) is 2. The lowest BCUT2D eigenvalue weighted by Gasteiger charge is -2.29. The Labute approximate surface area is 114 Å². The van der Waals surface area contributed by atoms with Crippen LogP contribution >= 0.6 is 0 Å². The average molecular weight is 291 g/mol. The molecule has 2 N–H and O–H groups in total. The number of hydrogen-bond acceptors (Lipinski definition) is 3. The zero-order chi connectivity index (χ0) is 15.4. The van der Waals surface area contributed by atoms with E-state index in [1.165, 1.54) is 19.2 Å². The van der Waals surface area contributed by atoms with Gasteiger partial charge in [0.25, 0.3) is 11.5 Å². The van der Waals surface area contributed by atoms with Crippen molar-refractivity contribution in [2.45, 2.75) is 25.1 Å². The van der Waals surface area contributed by atoms with Gasteiger partial charge in [0.1, 0.15) is 5.75 Å². The molecule has 0 heterocycles. The number of amides is 1. The minimum Gasteiger partial charge on any atom is -0.497 e. The predicted octanol–water partition coefficient (Wildman–Crippen LogP) is 1.97. The summed E-state index contributed by atoms with van der Waals surface area (Å²) in [5.41, 5.74) is -4.19. The van der Waals surface area contributed by atoms with Crippen LogP contribution in [0.1, 0.15) is 18.9 Å². The molecule has 4 nitrogen and oxygen atoms in total. The number of carbonyl (C=O) groups excluding carboxylic acids is 1. The van der Waals surface area contributed by atoms with E-state index < -0.39 is 23.2 Å². The fourth-order valence-corrected chi connectivity index (χ4v) is 1.64. The number of ether oxygens (including phenoxy) is 1. The number of carbonyl (C=O) groups is 1. The zero-order valence-corrected chi connectivity index (χ0v) is 11.1. The molecule has 1 unspecified atom stereocenters. The van der Waals surface area contributed by atoms with E-state index in [4.69, 9.17) is 4.74 Å². The molecule has 0 aliphatic carbocycles. The molecule has 1 aromatic rings. The van der Waals surface area contributed by atoms with Gasteiger partial charge >= 0.3 is 6.18 Å². The largest absolute Gasteiger partial charge is 0.497 e. The summed E-state index contributed by atoms with van der Waals surface area (Å²) in [5, 5.41) is 12.0. The van der Waals surface area contributed by atoms with E-state index >= 15 is 0 Å². The second kappa shape index (κ2) is 6.13. The molecule has 0 bridgehead atoms. The van der Waals surface area contributed by atoms with Crippen molar-refractivity contribution < 1.29 is 27.8 Å². The topological polar surface area (TPSA) is 58.6 Å². The smallest absolute Gasteiger partial charge is 0.430 e. The van der Waals surface area contributed by atoms with Crippen molar-refractivity contribution in [2.75, 3.05) is 13.7 Å². The number of halogens is 3. The zero-order valence-electron chi connectivity index (χ0n) is 11.1. The highest BCUT2D eigenvalue weighted by Gasteiger charge is 2.60. The molecule has 0 spiro atoms. The van der Waals surface area contributed by atoms with E-state index in [0.29, 0.717) is 6.42 Å². The molecule has 7 heteroatoms. The first-order chi connectivity index (χ1) is 9.27. The van der Waals surface area contributed by atoms with E-state index in [2.05, 4.69) is 5.32 Å². The van der Waals surface area contributed by atoms with Gasteiger partial charge in [0, 0.05) is 12.1 Å². The lowest BCUT2D eigenvalue weighted by Crippen LogP contribution is -2.54. The first-order valence-electron chi connectivity index (χ1n) is 5.99. The molecular formula is C13H16F3NO3. The normalized spacial score (nSPS) is 14.5. The minimum absolute atomic E-state index is 0.0428. The standard InChI is InChI=1S/C13H16F3NO3/c1-3-7-17-11(18)12(19,13(14,15)16)9-5-4-6-10(8-9)20-2/h4-6,8,19H,3,7H2,1-2H3,(H,17,18). The third kappa shape index (κ3) is 3.04. The van der Waals surface area contributed by atoms with E-state index in [-0.39, 0.29) is 12.3 Å². The first-order valence-corrected chi connectivity index (χ1v) is 5.99. The van der Waals surface area contributed by atoms with Gasteiger partial charge in [-0.25, -0.2) is 0 Å². The molecule has 1 amide bonds. The summed E-state index contributed by atoms with van der Waals surface area (Å²) in [6, 6.07) is 4.71. The van der Waals surface area contributed by atoms with Crippen LogP contribution in [0.2, 0.25) is 0 Å². The van der Waals surface area contributed by atoms with Crippen molar-refractivity contribution in [3.05, 3.63) is 29.8 Å². The van der Waals surface area contributed by atoms with Gasteiger partial charge in [-0.15, -0.1) is 0 Å². The second-order valence-electron chi connectivity index (χ2n) is 4.20. The Morgan fingerprint density at radius 1 is 1.40 bits per heavy atom. The van der Waals surface area contributed by atoms with Crippen molar-refractivity contribution >= 4 is 5.91 Å². The average Bonchev–Trinajstić information content (AvgIpc) is 2.42. The fourth-order valence-electron chi connectivity index (χ4n) is 1.64. The van der Waals surface area contributed by atoms with Crippen molar-refractivity contribution in [3.8, 4) is 5.75 Å². The molecule has 0 aliphatic heterocycles. The van der Waals surface area contributed by atoms with Crippen molar-refractivity contribution in [1.82, 2.24) is 5.32 Å². The molecule has 0 saturated heterocycles. The Balaban J connectivity index is 3.27. The number of methoxy groups -OCH3 is 1. The third-order valence-electron chi connectivity index (χ3n) is 2.76. The van der Waals surface area contributed by atoms with Crippen LogP contribution < -0.4 is 10.1 Å². The predicted molar refractivity (Wildman–Crippen MR) is 66.2 cm³/mol. The number of alkyl halides is 3. The van der Waals surface area contributed by atoms with Crippen LogP contribution in [-0.2, 0) is 10.4 Å².